The molecule has 1 fully saturated rings. The molecule has 0 atom stereocenters. The van der Waals surface area contributed by atoms with Crippen LogP contribution in [0, 0.1) is 6.92 Å². The SMILES string of the molecule is CCCn1cc(NC(=O)c2c(C)ccn(CCN3CCOCC3)c2=O)nn1. The number of aromatic nitrogens is 4. The largest absolute Gasteiger partial charge is 0.379 e. The van der Waals surface area contributed by atoms with Crippen molar-refractivity contribution in [1.29, 1.82) is 0 Å². The lowest BCUT2D eigenvalue weighted by molar-refractivity contribution is 0.0363. The van der Waals surface area contributed by atoms with Gasteiger partial charge in [0.15, 0.2) is 5.82 Å². The zero-order valence-corrected chi connectivity index (χ0v) is 15.8. The molecule has 1 aliphatic heterocycles. The van der Waals surface area contributed by atoms with Crippen LogP contribution in [0.5, 0.6) is 0 Å². The third-order valence-electron chi connectivity index (χ3n) is 4.59. The molecule has 0 aliphatic carbocycles. The molecule has 0 unspecified atom stereocenters. The van der Waals surface area contributed by atoms with Gasteiger partial charge in [0, 0.05) is 38.9 Å². The van der Waals surface area contributed by atoms with E-state index in [4.69, 9.17) is 4.74 Å². The normalized spacial score (nSPS) is 15.0. The van der Waals surface area contributed by atoms with Gasteiger partial charge in [-0.1, -0.05) is 12.1 Å². The van der Waals surface area contributed by atoms with Crippen LogP contribution in [0.15, 0.2) is 23.3 Å². The first-order chi connectivity index (χ1) is 13.1. The number of carbonyl (C=O) groups excluding carboxylic acids is 1. The average molecular weight is 374 g/mol. The zero-order valence-electron chi connectivity index (χ0n) is 15.8. The van der Waals surface area contributed by atoms with Crippen molar-refractivity contribution in [3.8, 4) is 0 Å². The Morgan fingerprint density at radius 2 is 2.04 bits per heavy atom. The average Bonchev–Trinajstić information content (AvgIpc) is 3.09. The fraction of sp³-hybridized carbons (Fsp3) is 0.556. The van der Waals surface area contributed by atoms with Crippen molar-refractivity contribution in [1.82, 2.24) is 24.5 Å². The summed E-state index contributed by atoms with van der Waals surface area (Å²) in [7, 11) is 0. The zero-order chi connectivity index (χ0) is 19.2. The summed E-state index contributed by atoms with van der Waals surface area (Å²) in [5, 5.41) is 10.6. The molecule has 3 rings (SSSR count). The lowest BCUT2D eigenvalue weighted by Gasteiger charge is -2.26. The van der Waals surface area contributed by atoms with Gasteiger partial charge in [0.2, 0.25) is 0 Å². The summed E-state index contributed by atoms with van der Waals surface area (Å²) in [6.45, 7) is 8.96. The van der Waals surface area contributed by atoms with Gasteiger partial charge in [-0.2, -0.15) is 0 Å². The van der Waals surface area contributed by atoms with Crippen molar-refractivity contribution in [2.45, 2.75) is 33.4 Å². The summed E-state index contributed by atoms with van der Waals surface area (Å²) in [6.07, 6.45) is 4.32. The lowest BCUT2D eigenvalue weighted by atomic mass is 10.1. The van der Waals surface area contributed by atoms with E-state index in [0.717, 1.165) is 45.8 Å². The van der Waals surface area contributed by atoms with E-state index in [-0.39, 0.29) is 11.1 Å². The van der Waals surface area contributed by atoms with Crippen molar-refractivity contribution < 1.29 is 9.53 Å². The molecule has 1 amide bonds. The van der Waals surface area contributed by atoms with Crippen LogP contribution in [0.2, 0.25) is 0 Å². The number of aryl methyl sites for hydroxylation is 2. The van der Waals surface area contributed by atoms with Crippen LogP contribution in [0.4, 0.5) is 5.82 Å². The summed E-state index contributed by atoms with van der Waals surface area (Å²) in [5.74, 6) is -0.113. The van der Waals surface area contributed by atoms with Crippen LogP contribution in [0.1, 0.15) is 29.3 Å². The minimum absolute atomic E-state index is 0.143. The number of carbonyl (C=O) groups is 1. The Hall–Kier alpha value is -2.52. The molecule has 0 saturated carbocycles. The molecular weight excluding hydrogens is 348 g/mol. The van der Waals surface area contributed by atoms with Crippen LogP contribution < -0.4 is 10.9 Å². The molecular formula is C18H26N6O3. The Bertz CT molecular complexity index is 838. The number of pyridine rings is 1. The van der Waals surface area contributed by atoms with Gasteiger partial charge in [0.1, 0.15) is 5.56 Å². The van der Waals surface area contributed by atoms with E-state index in [1.807, 2.05) is 6.92 Å². The summed E-state index contributed by atoms with van der Waals surface area (Å²) in [5.41, 5.74) is 0.493. The number of morpholine rings is 1. The highest BCUT2D eigenvalue weighted by atomic mass is 16.5. The van der Waals surface area contributed by atoms with E-state index >= 15 is 0 Å². The topological polar surface area (TPSA) is 94.3 Å². The second-order valence-electron chi connectivity index (χ2n) is 6.65. The first kappa shape index (κ1) is 19.2. The maximum Gasteiger partial charge on any atom is 0.263 e. The first-order valence-corrected chi connectivity index (χ1v) is 9.30. The number of rotatable bonds is 7. The summed E-state index contributed by atoms with van der Waals surface area (Å²) < 4.78 is 8.59. The van der Waals surface area contributed by atoms with Gasteiger partial charge in [-0.05, 0) is 25.0 Å². The Morgan fingerprint density at radius 1 is 1.26 bits per heavy atom. The van der Waals surface area contributed by atoms with Crippen molar-refractivity contribution in [2.75, 3.05) is 38.2 Å². The van der Waals surface area contributed by atoms with E-state index in [1.165, 1.54) is 0 Å². The second kappa shape index (κ2) is 8.92. The van der Waals surface area contributed by atoms with Gasteiger partial charge in [0.05, 0.1) is 19.4 Å². The van der Waals surface area contributed by atoms with Gasteiger partial charge in [0.25, 0.3) is 11.5 Å². The van der Waals surface area contributed by atoms with Crippen LogP contribution in [-0.4, -0.2) is 63.2 Å². The number of amides is 1. The lowest BCUT2D eigenvalue weighted by Crippen LogP contribution is -2.40. The van der Waals surface area contributed by atoms with Gasteiger partial charge in [-0.25, -0.2) is 0 Å². The van der Waals surface area contributed by atoms with Gasteiger partial charge in [-0.15, -0.1) is 5.10 Å². The Kier molecular flexibility index (Phi) is 6.36. The minimum atomic E-state index is -0.457. The maximum atomic E-state index is 12.8. The Labute approximate surface area is 157 Å². The molecule has 2 aromatic rings. The number of nitrogens with one attached hydrogen (secondary N) is 1. The second-order valence-corrected chi connectivity index (χ2v) is 6.65. The number of hydrogen-bond acceptors (Lipinski definition) is 6. The molecule has 3 heterocycles. The molecule has 9 heteroatoms. The van der Waals surface area contributed by atoms with Crippen LogP contribution in [-0.2, 0) is 17.8 Å². The predicted molar refractivity (Wildman–Crippen MR) is 101 cm³/mol. The molecule has 1 N–H and O–H groups in total. The Balaban J connectivity index is 1.71. The standard InChI is InChI=1S/C18H26N6O3/c1-3-5-24-13-15(20-21-24)19-17(25)16-14(2)4-6-23(18(16)26)8-7-22-9-11-27-12-10-22/h4,6,13H,3,5,7-12H2,1-2H3,(H,19,25). The summed E-state index contributed by atoms with van der Waals surface area (Å²) >= 11 is 0. The number of ether oxygens (including phenoxy) is 1. The quantitative estimate of drug-likeness (QED) is 0.768. The van der Waals surface area contributed by atoms with Crippen molar-refractivity contribution in [3.05, 3.63) is 39.9 Å². The van der Waals surface area contributed by atoms with Gasteiger partial charge in [-0.3, -0.25) is 19.2 Å². The number of anilines is 1. The molecule has 9 nitrogen and oxygen atoms in total. The van der Waals surface area contributed by atoms with E-state index in [1.54, 1.807) is 34.6 Å². The molecule has 146 valence electrons. The molecule has 1 aliphatic rings. The molecule has 27 heavy (non-hydrogen) atoms. The van der Waals surface area contributed by atoms with E-state index < -0.39 is 5.91 Å². The third kappa shape index (κ3) is 4.81. The highest BCUT2D eigenvalue weighted by Gasteiger charge is 2.18. The van der Waals surface area contributed by atoms with Gasteiger partial charge < -0.3 is 14.6 Å². The minimum Gasteiger partial charge on any atom is -0.379 e. The monoisotopic (exact) mass is 374 g/mol. The van der Waals surface area contributed by atoms with Crippen LogP contribution >= 0.6 is 0 Å². The molecule has 2 aromatic heterocycles. The van der Waals surface area contributed by atoms with Gasteiger partial charge >= 0.3 is 0 Å². The molecule has 0 radical (unpaired) electrons. The maximum absolute atomic E-state index is 12.8. The van der Waals surface area contributed by atoms with Crippen molar-refractivity contribution >= 4 is 11.7 Å². The smallest absolute Gasteiger partial charge is 0.263 e. The van der Waals surface area contributed by atoms with Crippen LogP contribution in [0.25, 0.3) is 0 Å². The van der Waals surface area contributed by atoms with Crippen LogP contribution in [0.3, 0.4) is 0 Å². The molecule has 0 bridgehead atoms. The Morgan fingerprint density at radius 3 is 2.78 bits per heavy atom. The molecule has 0 aromatic carbocycles. The van der Waals surface area contributed by atoms with E-state index in [0.29, 0.717) is 17.9 Å². The van der Waals surface area contributed by atoms with Crippen molar-refractivity contribution in [3.63, 3.8) is 0 Å². The fourth-order valence-corrected chi connectivity index (χ4v) is 3.06. The fourth-order valence-electron chi connectivity index (χ4n) is 3.06. The predicted octanol–water partition coefficient (Wildman–Crippen LogP) is 0.743. The third-order valence-corrected chi connectivity index (χ3v) is 4.59. The first-order valence-electron chi connectivity index (χ1n) is 9.30. The molecule has 1 saturated heterocycles. The number of nitrogens with zero attached hydrogens (tertiary/aromatic N) is 5. The van der Waals surface area contributed by atoms with E-state index in [2.05, 4.69) is 20.5 Å². The van der Waals surface area contributed by atoms with Crippen molar-refractivity contribution in [2.24, 2.45) is 0 Å². The summed E-state index contributed by atoms with van der Waals surface area (Å²) in [6, 6.07) is 1.80. The summed E-state index contributed by atoms with van der Waals surface area (Å²) in [4.78, 5) is 27.7. The van der Waals surface area contributed by atoms with E-state index in [9.17, 15) is 9.59 Å². The highest BCUT2D eigenvalue weighted by Crippen LogP contribution is 2.08. The molecule has 0 spiro atoms. The number of hydrogen-bond donors (Lipinski definition) is 1. The highest BCUT2D eigenvalue weighted by molar-refractivity contribution is 6.04.